The van der Waals surface area contributed by atoms with Crippen LogP contribution in [0.3, 0.4) is 0 Å². The van der Waals surface area contributed by atoms with Crippen molar-refractivity contribution < 1.29 is 14.7 Å². The van der Waals surface area contributed by atoms with Gasteiger partial charge in [-0.25, -0.2) is 0 Å². The summed E-state index contributed by atoms with van der Waals surface area (Å²) in [6.45, 7) is 1.17. The van der Waals surface area contributed by atoms with Gasteiger partial charge < -0.3 is 15.0 Å². The first-order chi connectivity index (χ1) is 8.56. The topological polar surface area (TPSA) is 73.4 Å². The van der Waals surface area contributed by atoms with E-state index in [0.717, 1.165) is 12.8 Å². The normalized spacial score (nSPS) is 19.8. The summed E-state index contributed by atoms with van der Waals surface area (Å²) in [6, 6.07) is 1.59. The Bertz CT molecular complexity index is 458. The van der Waals surface area contributed by atoms with Gasteiger partial charge in [0.25, 0.3) is 5.91 Å². The van der Waals surface area contributed by atoms with E-state index >= 15 is 0 Å². The standard InChI is InChI=1S/C12H15ClN2O3/c13-9-5-10(14-6-9)12(18)15-3-1-2-8(7-15)4-11(16)17/h5-6,8,14H,1-4,7H2,(H,16,17). The van der Waals surface area contributed by atoms with Gasteiger partial charge in [-0.1, -0.05) is 11.6 Å². The predicted molar refractivity (Wildman–Crippen MR) is 66.7 cm³/mol. The van der Waals surface area contributed by atoms with Gasteiger partial charge in [-0.15, -0.1) is 0 Å². The summed E-state index contributed by atoms with van der Waals surface area (Å²) in [7, 11) is 0. The highest BCUT2D eigenvalue weighted by Gasteiger charge is 2.26. The lowest BCUT2D eigenvalue weighted by atomic mass is 9.95. The summed E-state index contributed by atoms with van der Waals surface area (Å²) in [4.78, 5) is 27.3. The van der Waals surface area contributed by atoms with E-state index in [2.05, 4.69) is 4.98 Å². The number of carbonyl (C=O) groups excluding carboxylic acids is 1. The second-order valence-corrected chi connectivity index (χ2v) is 5.03. The number of piperidine rings is 1. The van der Waals surface area contributed by atoms with Crippen molar-refractivity contribution in [2.24, 2.45) is 5.92 Å². The molecule has 6 heteroatoms. The summed E-state index contributed by atoms with van der Waals surface area (Å²) < 4.78 is 0. The monoisotopic (exact) mass is 270 g/mol. The predicted octanol–water partition coefficient (Wildman–Crippen LogP) is 1.99. The molecule has 0 bridgehead atoms. The highest BCUT2D eigenvalue weighted by atomic mass is 35.5. The van der Waals surface area contributed by atoms with E-state index < -0.39 is 5.97 Å². The fraction of sp³-hybridized carbons (Fsp3) is 0.500. The molecule has 1 aromatic rings. The molecule has 1 saturated heterocycles. The Kier molecular flexibility index (Phi) is 3.91. The van der Waals surface area contributed by atoms with Gasteiger partial charge in [0.15, 0.2) is 0 Å². The Hall–Kier alpha value is -1.49. The highest BCUT2D eigenvalue weighted by molar-refractivity contribution is 6.30. The van der Waals surface area contributed by atoms with Gasteiger partial charge in [0.1, 0.15) is 5.69 Å². The molecule has 1 aromatic heterocycles. The van der Waals surface area contributed by atoms with Crippen LogP contribution in [0.1, 0.15) is 29.8 Å². The molecule has 0 aliphatic carbocycles. The molecule has 1 amide bonds. The lowest BCUT2D eigenvalue weighted by Crippen LogP contribution is -2.40. The van der Waals surface area contributed by atoms with Crippen molar-refractivity contribution in [1.82, 2.24) is 9.88 Å². The average molecular weight is 271 g/mol. The molecule has 1 unspecified atom stereocenters. The summed E-state index contributed by atoms with van der Waals surface area (Å²) in [5.74, 6) is -0.875. The molecule has 2 heterocycles. The zero-order valence-corrected chi connectivity index (χ0v) is 10.6. The Labute approximate surface area is 110 Å². The first kappa shape index (κ1) is 13.0. The van der Waals surface area contributed by atoms with Crippen molar-refractivity contribution in [3.63, 3.8) is 0 Å². The molecular formula is C12H15ClN2O3. The fourth-order valence-electron chi connectivity index (χ4n) is 2.32. The van der Waals surface area contributed by atoms with E-state index in [1.54, 1.807) is 17.2 Å². The largest absolute Gasteiger partial charge is 0.481 e. The van der Waals surface area contributed by atoms with E-state index in [4.69, 9.17) is 16.7 Å². The van der Waals surface area contributed by atoms with Gasteiger partial charge in [-0.3, -0.25) is 9.59 Å². The van der Waals surface area contributed by atoms with Crippen LogP contribution in [0.15, 0.2) is 12.3 Å². The molecule has 0 radical (unpaired) electrons. The minimum absolute atomic E-state index is 0.0469. The van der Waals surface area contributed by atoms with Crippen LogP contribution in [-0.4, -0.2) is 40.0 Å². The number of aromatic nitrogens is 1. The van der Waals surface area contributed by atoms with E-state index in [1.807, 2.05) is 0 Å². The van der Waals surface area contributed by atoms with Crippen LogP contribution in [0.4, 0.5) is 0 Å². The number of halogens is 1. The Morgan fingerprint density at radius 1 is 1.56 bits per heavy atom. The first-order valence-corrected chi connectivity index (χ1v) is 6.29. The Balaban J connectivity index is 2.00. The highest BCUT2D eigenvalue weighted by Crippen LogP contribution is 2.21. The maximum atomic E-state index is 12.1. The third-order valence-electron chi connectivity index (χ3n) is 3.15. The van der Waals surface area contributed by atoms with Crippen molar-refractivity contribution in [2.45, 2.75) is 19.3 Å². The number of amides is 1. The van der Waals surface area contributed by atoms with Crippen molar-refractivity contribution in [2.75, 3.05) is 13.1 Å². The number of aromatic amines is 1. The number of likely N-dealkylation sites (tertiary alicyclic amines) is 1. The Morgan fingerprint density at radius 3 is 2.94 bits per heavy atom. The van der Waals surface area contributed by atoms with Crippen LogP contribution < -0.4 is 0 Å². The number of aliphatic carboxylic acids is 1. The molecule has 2 N–H and O–H groups in total. The molecule has 0 saturated carbocycles. The van der Waals surface area contributed by atoms with Gasteiger partial charge in [0.2, 0.25) is 0 Å². The molecule has 0 spiro atoms. The number of hydrogen-bond acceptors (Lipinski definition) is 2. The zero-order chi connectivity index (χ0) is 13.1. The quantitative estimate of drug-likeness (QED) is 0.882. The van der Waals surface area contributed by atoms with Gasteiger partial charge in [0, 0.05) is 25.7 Å². The van der Waals surface area contributed by atoms with E-state index in [0.29, 0.717) is 23.8 Å². The van der Waals surface area contributed by atoms with Gasteiger partial charge >= 0.3 is 5.97 Å². The molecule has 2 rings (SSSR count). The fourth-order valence-corrected chi connectivity index (χ4v) is 2.49. The number of carboxylic acids is 1. The van der Waals surface area contributed by atoms with E-state index in [9.17, 15) is 9.59 Å². The van der Waals surface area contributed by atoms with E-state index in [1.165, 1.54) is 0 Å². The zero-order valence-electron chi connectivity index (χ0n) is 9.86. The third-order valence-corrected chi connectivity index (χ3v) is 3.37. The van der Waals surface area contributed by atoms with Crippen molar-refractivity contribution in [1.29, 1.82) is 0 Å². The van der Waals surface area contributed by atoms with Gasteiger partial charge in [-0.2, -0.15) is 0 Å². The van der Waals surface area contributed by atoms with Crippen LogP contribution in [0.25, 0.3) is 0 Å². The molecule has 1 atom stereocenters. The van der Waals surface area contributed by atoms with Crippen LogP contribution in [0.5, 0.6) is 0 Å². The van der Waals surface area contributed by atoms with Crippen LogP contribution in [-0.2, 0) is 4.79 Å². The lowest BCUT2D eigenvalue weighted by Gasteiger charge is -2.31. The first-order valence-electron chi connectivity index (χ1n) is 5.91. The van der Waals surface area contributed by atoms with Gasteiger partial charge in [-0.05, 0) is 24.8 Å². The number of H-pyrrole nitrogens is 1. The number of hydrogen-bond donors (Lipinski definition) is 2. The maximum absolute atomic E-state index is 12.1. The molecule has 0 aromatic carbocycles. The summed E-state index contributed by atoms with van der Waals surface area (Å²) in [5.41, 5.74) is 0.455. The summed E-state index contributed by atoms with van der Waals surface area (Å²) >= 11 is 5.76. The number of nitrogens with one attached hydrogen (secondary N) is 1. The number of rotatable bonds is 3. The SMILES string of the molecule is O=C(O)CC1CCCN(C(=O)c2cc(Cl)c[nH]2)C1. The van der Waals surface area contributed by atoms with Crippen molar-refractivity contribution in [3.05, 3.63) is 23.0 Å². The summed E-state index contributed by atoms with van der Waals surface area (Å²) in [5, 5.41) is 9.28. The molecule has 1 fully saturated rings. The molecule has 5 nitrogen and oxygen atoms in total. The summed E-state index contributed by atoms with van der Waals surface area (Å²) in [6.07, 6.45) is 3.39. The van der Waals surface area contributed by atoms with Gasteiger partial charge in [0.05, 0.1) is 5.02 Å². The molecule has 18 heavy (non-hydrogen) atoms. The number of carboxylic acid groups (broad SMARTS) is 1. The minimum atomic E-state index is -0.808. The van der Waals surface area contributed by atoms with Crippen molar-refractivity contribution in [3.8, 4) is 0 Å². The second kappa shape index (κ2) is 5.44. The van der Waals surface area contributed by atoms with Crippen LogP contribution >= 0.6 is 11.6 Å². The van der Waals surface area contributed by atoms with E-state index in [-0.39, 0.29) is 18.2 Å². The molecule has 1 aliphatic heterocycles. The smallest absolute Gasteiger partial charge is 0.303 e. The molecular weight excluding hydrogens is 256 g/mol. The number of nitrogens with zero attached hydrogens (tertiary/aromatic N) is 1. The van der Waals surface area contributed by atoms with Crippen LogP contribution in [0, 0.1) is 5.92 Å². The molecule has 98 valence electrons. The lowest BCUT2D eigenvalue weighted by molar-refractivity contribution is -0.138. The minimum Gasteiger partial charge on any atom is -0.481 e. The maximum Gasteiger partial charge on any atom is 0.303 e. The second-order valence-electron chi connectivity index (χ2n) is 4.59. The molecule has 1 aliphatic rings. The Morgan fingerprint density at radius 2 is 2.33 bits per heavy atom. The van der Waals surface area contributed by atoms with Crippen molar-refractivity contribution >= 4 is 23.5 Å². The average Bonchev–Trinajstić information content (AvgIpc) is 2.74. The van der Waals surface area contributed by atoms with Crippen LogP contribution in [0.2, 0.25) is 5.02 Å². The third kappa shape index (κ3) is 3.04. The number of carbonyl (C=O) groups is 2.